The van der Waals surface area contributed by atoms with Crippen molar-refractivity contribution in [2.24, 2.45) is 5.73 Å². The number of aliphatic carboxylic acids is 2. The summed E-state index contributed by atoms with van der Waals surface area (Å²) in [4.78, 5) is 44.0. The van der Waals surface area contributed by atoms with Gasteiger partial charge in [0.1, 0.15) is 12.1 Å². The van der Waals surface area contributed by atoms with Crippen LogP contribution in [0.25, 0.3) is 0 Å². The van der Waals surface area contributed by atoms with E-state index in [1.807, 2.05) is 0 Å². The zero-order chi connectivity index (χ0) is 15.7. The van der Waals surface area contributed by atoms with Gasteiger partial charge in [0.2, 0.25) is 5.91 Å². The zero-order valence-electron chi connectivity index (χ0n) is 10.8. The van der Waals surface area contributed by atoms with Crippen LogP contribution in [0.3, 0.4) is 0 Å². The molecule has 20 heavy (non-hydrogen) atoms. The standard InChI is InChI=1S/C10H17N3O6S/c1-20-3-2-5(13-10(11)19)8(16)12-6(9(17)18)4-7(14)15/h5-6H,2-4H2,1H3,(H,12,16)(H,14,15)(H,17,18)(H3,11,13,19). The highest BCUT2D eigenvalue weighted by Crippen LogP contribution is 2.02. The van der Waals surface area contributed by atoms with Crippen molar-refractivity contribution in [3.05, 3.63) is 0 Å². The van der Waals surface area contributed by atoms with E-state index in [9.17, 15) is 19.2 Å². The Morgan fingerprint density at radius 3 is 2.15 bits per heavy atom. The summed E-state index contributed by atoms with van der Waals surface area (Å²) in [7, 11) is 0. The molecule has 0 aromatic heterocycles. The minimum absolute atomic E-state index is 0.245. The number of carboxylic acids is 2. The van der Waals surface area contributed by atoms with Gasteiger partial charge in [-0.25, -0.2) is 9.59 Å². The Morgan fingerprint density at radius 1 is 1.15 bits per heavy atom. The van der Waals surface area contributed by atoms with E-state index in [1.54, 1.807) is 6.26 Å². The third kappa shape index (κ3) is 7.46. The molecule has 114 valence electrons. The van der Waals surface area contributed by atoms with Gasteiger partial charge in [-0.1, -0.05) is 0 Å². The number of primary amides is 1. The third-order valence-electron chi connectivity index (χ3n) is 2.24. The fourth-order valence-corrected chi connectivity index (χ4v) is 1.79. The number of hydrogen-bond donors (Lipinski definition) is 5. The fourth-order valence-electron chi connectivity index (χ4n) is 1.32. The van der Waals surface area contributed by atoms with Crippen molar-refractivity contribution in [3.8, 4) is 0 Å². The minimum Gasteiger partial charge on any atom is -0.481 e. The topological polar surface area (TPSA) is 159 Å². The van der Waals surface area contributed by atoms with Crippen molar-refractivity contribution in [2.45, 2.75) is 24.9 Å². The van der Waals surface area contributed by atoms with E-state index >= 15 is 0 Å². The van der Waals surface area contributed by atoms with Gasteiger partial charge in [-0.3, -0.25) is 9.59 Å². The molecule has 6 N–H and O–H groups in total. The van der Waals surface area contributed by atoms with Crippen molar-refractivity contribution in [2.75, 3.05) is 12.0 Å². The monoisotopic (exact) mass is 307 g/mol. The maximum absolute atomic E-state index is 11.8. The highest BCUT2D eigenvalue weighted by molar-refractivity contribution is 7.98. The van der Waals surface area contributed by atoms with E-state index in [1.165, 1.54) is 11.8 Å². The lowest BCUT2D eigenvalue weighted by Crippen LogP contribution is -2.53. The Morgan fingerprint density at radius 2 is 1.75 bits per heavy atom. The predicted octanol–water partition coefficient (Wildman–Crippen LogP) is -1.18. The first kappa shape index (κ1) is 18.0. The van der Waals surface area contributed by atoms with Crippen molar-refractivity contribution in [1.29, 1.82) is 0 Å². The number of hydrogen-bond acceptors (Lipinski definition) is 5. The van der Waals surface area contributed by atoms with Crippen molar-refractivity contribution < 1.29 is 29.4 Å². The third-order valence-corrected chi connectivity index (χ3v) is 2.88. The second-order valence-corrected chi connectivity index (χ2v) is 4.83. The molecule has 0 rings (SSSR count). The number of amides is 3. The minimum atomic E-state index is -1.56. The van der Waals surface area contributed by atoms with E-state index in [4.69, 9.17) is 15.9 Å². The Balaban J connectivity index is 4.72. The van der Waals surface area contributed by atoms with Gasteiger partial charge < -0.3 is 26.6 Å². The van der Waals surface area contributed by atoms with Crippen LogP contribution in [0.15, 0.2) is 0 Å². The maximum atomic E-state index is 11.8. The lowest BCUT2D eigenvalue weighted by molar-refractivity contribution is -0.147. The molecule has 0 fully saturated rings. The number of carboxylic acid groups (broad SMARTS) is 2. The molecule has 0 saturated heterocycles. The number of urea groups is 1. The first-order valence-electron chi connectivity index (χ1n) is 5.57. The lowest BCUT2D eigenvalue weighted by Gasteiger charge is -2.19. The predicted molar refractivity (Wildman–Crippen MR) is 71.3 cm³/mol. The molecule has 0 heterocycles. The van der Waals surface area contributed by atoms with Crippen molar-refractivity contribution >= 4 is 35.6 Å². The molecule has 2 atom stereocenters. The van der Waals surface area contributed by atoms with Gasteiger partial charge in [0, 0.05) is 0 Å². The highest BCUT2D eigenvalue weighted by atomic mass is 32.2. The van der Waals surface area contributed by atoms with Crippen LogP contribution in [0, 0.1) is 0 Å². The summed E-state index contributed by atoms with van der Waals surface area (Å²) in [5, 5.41) is 21.6. The van der Waals surface area contributed by atoms with Crippen LogP contribution >= 0.6 is 11.8 Å². The molecule has 3 amide bonds. The van der Waals surface area contributed by atoms with E-state index in [-0.39, 0.29) is 6.42 Å². The Kier molecular flexibility index (Phi) is 8.13. The van der Waals surface area contributed by atoms with Gasteiger partial charge in [0.05, 0.1) is 6.42 Å². The number of nitrogens with one attached hydrogen (secondary N) is 2. The van der Waals surface area contributed by atoms with Crippen LogP contribution in [-0.2, 0) is 14.4 Å². The Hall–Kier alpha value is -1.97. The van der Waals surface area contributed by atoms with E-state index in [2.05, 4.69) is 10.6 Å². The normalized spacial score (nSPS) is 13.1. The number of carbonyl (C=O) groups is 4. The molecule has 0 aliphatic rings. The summed E-state index contributed by atoms with van der Waals surface area (Å²) in [5.74, 6) is -3.08. The highest BCUT2D eigenvalue weighted by Gasteiger charge is 2.27. The average molecular weight is 307 g/mol. The molecule has 0 bridgehead atoms. The smallest absolute Gasteiger partial charge is 0.326 e. The van der Waals surface area contributed by atoms with E-state index < -0.39 is 42.4 Å². The first-order valence-corrected chi connectivity index (χ1v) is 6.97. The molecule has 10 heteroatoms. The van der Waals surface area contributed by atoms with Gasteiger partial charge in [0.15, 0.2) is 0 Å². The lowest BCUT2D eigenvalue weighted by atomic mass is 10.1. The summed E-state index contributed by atoms with van der Waals surface area (Å²) >= 11 is 1.43. The number of carbonyl (C=O) groups excluding carboxylic acids is 2. The van der Waals surface area contributed by atoms with Crippen LogP contribution in [0.2, 0.25) is 0 Å². The van der Waals surface area contributed by atoms with Crippen LogP contribution < -0.4 is 16.4 Å². The number of thioether (sulfide) groups is 1. The zero-order valence-corrected chi connectivity index (χ0v) is 11.6. The van der Waals surface area contributed by atoms with Gasteiger partial charge in [-0.05, 0) is 18.4 Å². The SMILES string of the molecule is CSCCC(NC(N)=O)C(=O)NC(CC(=O)O)C(=O)O. The van der Waals surface area contributed by atoms with Gasteiger partial charge >= 0.3 is 18.0 Å². The largest absolute Gasteiger partial charge is 0.481 e. The van der Waals surface area contributed by atoms with E-state index in [0.717, 1.165) is 0 Å². The molecule has 0 aromatic carbocycles. The summed E-state index contributed by atoms with van der Waals surface area (Å²) in [6.07, 6.45) is 1.28. The molecular formula is C10H17N3O6S. The summed E-state index contributed by atoms with van der Waals surface area (Å²) in [6.45, 7) is 0. The van der Waals surface area contributed by atoms with Gasteiger partial charge in [-0.15, -0.1) is 0 Å². The molecule has 0 aromatic rings. The average Bonchev–Trinajstić information content (AvgIpc) is 2.32. The van der Waals surface area contributed by atoms with Gasteiger partial charge in [-0.2, -0.15) is 11.8 Å². The maximum Gasteiger partial charge on any atom is 0.326 e. The molecule has 0 spiro atoms. The summed E-state index contributed by atoms with van der Waals surface area (Å²) in [6, 6.07) is -3.49. The summed E-state index contributed by atoms with van der Waals surface area (Å²) in [5.41, 5.74) is 4.93. The molecule has 2 unspecified atom stereocenters. The van der Waals surface area contributed by atoms with Crippen LogP contribution in [0.4, 0.5) is 4.79 Å². The quantitative estimate of drug-likeness (QED) is 0.358. The molecule has 9 nitrogen and oxygen atoms in total. The second-order valence-electron chi connectivity index (χ2n) is 3.84. The van der Waals surface area contributed by atoms with Crippen LogP contribution in [0.5, 0.6) is 0 Å². The van der Waals surface area contributed by atoms with E-state index in [0.29, 0.717) is 5.75 Å². The Labute approximate surface area is 119 Å². The molecule has 0 aliphatic heterocycles. The molecule has 0 saturated carbocycles. The molecular weight excluding hydrogens is 290 g/mol. The summed E-state index contributed by atoms with van der Waals surface area (Å²) < 4.78 is 0. The number of nitrogens with two attached hydrogens (primary N) is 1. The Bertz CT molecular complexity index is 389. The van der Waals surface area contributed by atoms with Crippen molar-refractivity contribution in [3.63, 3.8) is 0 Å². The fraction of sp³-hybridized carbons (Fsp3) is 0.600. The van der Waals surface area contributed by atoms with Gasteiger partial charge in [0.25, 0.3) is 0 Å². The van der Waals surface area contributed by atoms with Crippen molar-refractivity contribution in [1.82, 2.24) is 10.6 Å². The first-order chi connectivity index (χ1) is 9.27. The van der Waals surface area contributed by atoms with Crippen LogP contribution in [-0.4, -0.2) is 58.2 Å². The number of rotatable bonds is 9. The van der Waals surface area contributed by atoms with Crippen LogP contribution in [0.1, 0.15) is 12.8 Å². The second kappa shape index (κ2) is 9.02. The molecule has 0 radical (unpaired) electrons. The molecule has 0 aliphatic carbocycles.